The van der Waals surface area contributed by atoms with Crippen LogP contribution in [0.5, 0.6) is 0 Å². The molecule has 0 heterocycles. The highest BCUT2D eigenvalue weighted by Crippen LogP contribution is 2.19. The Morgan fingerprint density at radius 1 is 1.27 bits per heavy atom. The topological polar surface area (TPSA) is 17.1 Å². The molecule has 1 atom stereocenters. The maximum absolute atomic E-state index is 11.4. The summed E-state index contributed by atoms with van der Waals surface area (Å²) in [6.45, 7) is 3.34. The summed E-state index contributed by atoms with van der Waals surface area (Å²) < 4.78 is 0. The van der Waals surface area contributed by atoms with Crippen LogP contribution in [0.1, 0.15) is 20.3 Å². The fourth-order valence-corrected chi connectivity index (χ4v) is 22.8. The number of hydrogen-bond donors (Lipinski definition) is 1. The average molecular weight is 375 g/mol. The SMILES string of the molecule is CCC(C(C)=O)S(=S)(=S)S(=S)(=S)[SH](=S)=S. The highest BCUT2D eigenvalue weighted by Gasteiger charge is 2.26. The van der Waals surface area contributed by atoms with Gasteiger partial charge in [-0.15, -0.1) is 0 Å². The minimum absolute atomic E-state index is 0.0362. The Bertz CT molecular complexity index is 509. The van der Waals surface area contributed by atoms with Gasteiger partial charge >= 0.3 is 0 Å². The molecule has 90 valence electrons. The van der Waals surface area contributed by atoms with Crippen molar-refractivity contribution in [3.05, 3.63) is 0 Å². The van der Waals surface area contributed by atoms with E-state index in [-0.39, 0.29) is 5.78 Å². The number of carbonyl (C=O) groups excluding carboxylic acids is 1. The molecule has 0 aliphatic carbocycles. The third-order valence-electron chi connectivity index (χ3n) is 1.65. The Balaban J connectivity index is 5.84. The zero-order valence-corrected chi connectivity index (χ0v) is 15.3. The van der Waals surface area contributed by atoms with Crippen LogP contribution in [0.4, 0.5) is 0 Å². The molecule has 0 fully saturated rings. The maximum Gasteiger partial charge on any atom is 0.144 e. The van der Waals surface area contributed by atoms with Gasteiger partial charge in [-0.05, 0) is 93.7 Å². The summed E-state index contributed by atoms with van der Waals surface area (Å²) in [5.41, 5.74) is 0. The predicted molar refractivity (Wildman–Crippen MR) is 92.4 cm³/mol. The molecule has 0 amide bonds. The van der Waals surface area contributed by atoms with E-state index in [1.165, 1.54) is 6.92 Å². The fraction of sp³-hybridized carbons (Fsp3) is 0.800. The van der Waals surface area contributed by atoms with E-state index in [9.17, 15) is 4.79 Å². The van der Waals surface area contributed by atoms with Gasteiger partial charge in [-0.2, -0.15) is 0 Å². The van der Waals surface area contributed by atoms with Crippen LogP contribution < -0.4 is 0 Å². The van der Waals surface area contributed by atoms with Crippen LogP contribution in [0.2, 0.25) is 0 Å². The van der Waals surface area contributed by atoms with Crippen molar-refractivity contribution in [1.82, 2.24) is 0 Å². The molecule has 0 aromatic rings. The minimum atomic E-state index is -2.20. The normalized spacial score (nSPS) is 15.1. The Morgan fingerprint density at radius 3 is 1.87 bits per heavy atom. The molecule has 0 spiro atoms. The van der Waals surface area contributed by atoms with E-state index in [2.05, 4.69) is 0 Å². The van der Waals surface area contributed by atoms with Crippen molar-refractivity contribution in [3.8, 4) is 0 Å². The van der Waals surface area contributed by atoms with Crippen LogP contribution in [0.3, 0.4) is 0 Å². The molecular formula is C5H10OS9. The van der Waals surface area contributed by atoms with E-state index in [4.69, 9.17) is 67.1 Å². The van der Waals surface area contributed by atoms with Crippen molar-refractivity contribution in [1.29, 1.82) is 0 Å². The van der Waals surface area contributed by atoms with Crippen LogP contribution in [-0.4, -0.2) is 11.0 Å². The molecule has 0 radical (unpaired) electrons. The fourth-order valence-electron chi connectivity index (χ4n) is 0.926. The first-order valence-corrected chi connectivity index (χ1v) is 15.2. The van der Waals surface area contributed by atoms with Gasteiger partial charge in [0.25, 0.3) is 0 Å². The summed E-state index contributed by atoms with van der Waals surface area (Å²) in [4.78, 5) is 11.4. The number of Topliss-reactive ketones (excluding diaryl/α,β-unsaturated/α-hetero) is 1. The Hall–Kier alpha value is 2.04. The summed E-state index contributed by atoms with van der Waals surface area (Å²) in [5.74, 6) is -0.0362. The second kappa shape index (κ2) is 6.28. The zero-order valence-electron chi connectivity index (χ0n) is 7.91. The Morgan fingerprint density at radius 2 is 1.67 bits per heavy atom. The van der Waals surface area contributed by atoms with Crippen LogP contribution in [0.15, 0.2) is 0 Å². The van der Waals surface area contributed by atoms with Crippen LogP contribution in [-0.2, 0) is 90.4 Å². The van der Waals surface area contributed by atoms with Crippen molar-refractivity contribution < 1.29 is 4.79 Å². The van der Waals surface area contributed by atoms with Gasteiger partial charge in [0.1, 0.15) is 5.78 Å². The van der Waals surface area contributed by atoms with Crippen LogP contribution in [0, 0.1) is 0 Å². The molecule has 0 aromatic heterocycles. The molecular weight excluding hydrogens is 365 g/mol. The zero-order chi connectivity index (χ0) is 12.4. The molecule has 0 bridgehead atoms. The number of thiol groups is 1. The highest BCUT2D eigenvalue weighted by atomic mass is 34.0. The number of carbonyl (C=O) groups is 1. The summed E-state index contributed by atoms with van der Waals surface area (Å²) in [6.07, 6.45) is -1.62. The Labute approximate surface area is 120 Å². The number of hydrogen-bond acceptors (Lipinski definition) is 7. The molecule has 0 aromatic carbocycles. The lowest BCUT2D eigenvalue weighted by Crippen LogP contribution is -2.31. The quantitative estimate of drug-likeness (QED) is 0.554. The molecule has 0 aliphatic rings. The van der Waals surface area contributed by atoms with E-state index >= 15 is 0 Å². The first-order valence-electron chi connectivity index (χ1n) is 3.72. The second-order valence-corrected chi connectivity index (χ2v) is 27.8. The van der Waals surface area contributed by atoms with E-state index in [1.54, 1.807) is 0 Å². The summed E-state index contributed by atoms with van der Waals surface area (Å²) >= 11 is 31.2. The third kappa shape index (κ3) is 3.75. The third-order valence-corrected chi connectivity index (χ3v) is 36.6. The van der Waals surface area contributed by atoms with E-state index < -0.39 is 23.7 Å². The maximum atomic E-state index is 11.4. The largest absolute Gasteiger partial charge is 0.299 e. The summed E-state index contributed by atoms with van der Waals surface area (Å²) in [5, 5.41) is -2.58. The number of rotatable bonds is 5. The summed E-state index contributed by atoms with van der Waals surface area (Å²) in [7, 11) is -1.34. The molecule has 15 heavy (non-hydrogen) atoms. The lowest BCUT2D eigenvalue weighted by Gasteiger charge is -2.21. The molecule has 0 aliphatic heterocycles. The van der Waals surface area contributed by atoms with Crippen molar-refractivity contribution in [2.75, 3.05) is 0 Å². The molecule has 0 saturated heterocycles. The first kappa shape index (κ1) is 17.0. The predicted octanol–water partition coefficient (Wildman–Crippen LogP) is 0.614. The minimum Gasteiger partial charge on any atom is -0.299 e. The molecule has 10 heteroatoms. The lowest BCUT2D eigenvalue weighted by atomic mass is 10.2. The molecule has 1 unspecified atom stereocenters. The molecule has 0 rings (SSSR count). The monoisotopic (exact) mass is 374 g/mol. The molecule has 0 saturated carbocycles. The molecule has 0 N–H and O–H groups in total. The van der Waals surface area contributed by atoms with Gasteiger partial charge in [-0.25, -0.2) is 0 Å². The summed E-state index contributed by atoms with van der Waals surface area (Å²) in [6, 6.07) is 0. The van der Waals surface area contributed by atoms with Crippen LogP contribution >= 0.6 is 0 Å². The van der Waals surface area contributed by atoms with Gasteiger partial charge in [-0.1, -0.05) is 6.92 Å². The first-order chi connectivity index (χ1) is 6.59. The Kier molecular flexibility index (Phi) is 7.13. The van der Waals surface area contributed by atoms with Gasteiger partial charge in [0.2, 0.25) is 0 Å². The number of ketones is 1. The van der Waals surface area contributed by atoms with E-state index in [0.29, 0.717) is 6.42 Å². The standard InChI is InChI=1S/C5H10OS9/c1-3-5(4(2)6)14(9,10)15(11,12)13(7)8/h5,13H,3H2,1-2H3. The smallest absolute Gasteiger partial charge is 0.144 e. The van der Waals surface area contributed by atoms with Gasteiger partial charge in [0.05, 0.1) is 5.25 Å². The van der Waals surface area contributed by atoms with Gasteiger partial charge < -0.3 is 0 Å². The van der Waals surface area contributed by atoms with Gasteiger partial charge in [0.15, 0.2) is 0 Å². The van der Waals surface area contributed by atoms with Crippen molar-refractivity contribution in [2.45, 2.75) is 25.5 Å². The van der Waals surface area contributed by atoms with Crippen LogP contribution in [0.25, 0.3) is 0 Å². The average Bonchev–Trinajstić information content (AvgIpc) is 2.03. The van der Waals surface area contributed by atoms with Gasteiger partial charge in [-0.3, -0.25) is 4.79 Å². The second-order valence-electron chi connectivity index (χ2n) is 2.65. The van der Waals surface area contributed by atoms with Crippen molar-refractivity contribution >= 4 is 91.3 Å². The van der Waals surface area contributed by atoms with E-state index in [0.717, 1.165) is 0 Å². The lowest BCUT2D eigenvalue weighted by molar-refractivity contribution is -0.116. The highest BCUT2D eigenvalue weighted by molar-refractivity contribution is 9.34. The van der Waals surface area contributed by atoms with Gasteiger partial charge in [0, 0.05) is 5.21 Å². The van der Waals surface area contributed by atoms with Crippen molar-refractivity contribution in [3.63, 3.8) is 0 Å². The molecule has 1 nitrogen and oxygen atoms in total. The van der Waals surface area contributed by atoms with E-state index in [1.807, 2.05) is 6.92 Å². The van der Waals surface area contributed by atoms with Crippen molar-refractivity contribution in [2.24, 2.45) is 0 Å².